The van der Waals surface area contributed by atoms with Crippen LogP contribution in [0.1, 0.15) is 10.4 Å². The highest BCUT2D eigenvalue weighted by atomic mass is 16.2. The smallest absolute Gasteiger partial charge is 0.323 e. The zero-order valence-corrected chi connectivity index (χ0v) is 12.1. The summed E-state index contributed by atoms with van der Waals surface area (Å²) in [5, 5.41) is 6.04. The maximum absolute atomic E-state index is 12.0. The van der Waals surface area contributed by atoms with E-state index in [-0.39, 0.29) is 17.4 Å². The Balaban J connectivity index is 1.81. The van der Waals surface area contributed by atoms with Crippen molar-refractivity contribution in [3.63, 3.8) is 0 Å². The van der Waals surface area contributed by atoms with E-state index >= 15 is 0 Å². The van der Waals surface area contributed by atoms with E-state index in [0.29, 0.717) is 22.3 Å². The third-order valence-electron chi connectivity index (χ3n) is 3.36. The van der Waals surface area contributed by atoms with Crippen LogP contribution in [0.15, 0.2) is 48.5 Å². The van der Waals surface area contributed by atoms with Crippen LogP contribution < -0.4 is 22.1 Å². The molecule has 3 aromatic rings. The van der Waals surface area contributed by atoms with Crippen LogP contribution in [-0.4, -0.2) is 16.9 Å². The van der Waals surface area contributed by atoms with E-state index in [9.17, 15) is 9.59 Å². The van der Waals surface area contributed by atoms with Crippen LogP contribution in [0, 0.1) is 0 Å². The normalized spacial score (nSPS) is 10.4. The lowest BCUT2D eigenvalue weighted by Crippen LogP contribution is -2.19. The first-order valence-electron chi connectivity index (χ1n) is 6.88. The number of urea groups is 1. The van der Waals surface area contributed by atoms with Gasteiger partial charge in [-0.1, -0.05) is 18.2 Å². The fraction of sp³-hybridized carbons (Fsp3) is 0. The number of nitrogens with one attached hydrogen (secondary N) is 3. The number of para-hydroxylation sites is 1. The van der Waals surface area contributed by atoms with E-state index in [0.717, 1.165) is 0 Å². The highest BCUT2D eigenvalue weighted by molar-refractivity contribution is 6.11. The van der Waals surface area contributed by atoms with Gasteiger partial charge in [0.2, 0.25) is 0 Å². The number of rotatable bonds is 3. The fourth-order valence-corrected chi connectivity index (χ4v) is 2.38. The van der Waals surface area contributed by atoms with Gasteiger partial charge in [0.15, 0.2) is 0 Å². The molecule has 0 spiro atoms. The van der Waals surface area contributed by atoms with Crippen molar-refractivity contribution < 1.29 is 9.59 Å². The third kappa shape index (κ3) is 2.93. The Labute approximate surface area is 131 Å². The van der Waals surface area contributed by atoms with Gasteiger partial charge in [0.1, 0.15) is 5.82 Å². The average Bonchev–Trinajstić information content (AvgIpc) is 2.83. The first-order chi connectivity index (χ1) is 11.0. The van der Waals surface area contributed by atoms with Crippen LogP contribution in [0.2, 0.25) is 0 Å². The topological polar surface area (TPSA) is 126 Å². The van der Waals surface area contributed by atoms with Crippen molar-refractivity contribution in [1.82, 2.24) is 4.98 Å². The minimum atomic E-state index is -0.601. The molecule has 1 aromatic heterocycles. The van der Waals surface area contributed by atoms with Crippen molar-refractivity contribution in [2.45, 2.75) is 0 Å². The number of hydrogen-bond donors (Lipinski definition) is 5. The van der Waals surface area contributed by atoms with Gasteiger partial charge in [0, 0.05) is 22.3 Å². The lowest BCUT2D eigenvalue weighted by Gasteiger charge is -2.07. The first kappa shape index (κ1) is 14.5. The number of primary amides is 1. The zero-order chi connectivity index (χ0) is 16.4. The van der Waals surface area contributed by atoms with Crippen LogP contribution in [0.4, 0.5) is 22.0 Å². The van der Waals surface area contributed by atoms with Gasteiger partial charge in [-0.05, 0) is 30.3 Å². The molecular formula is C16H15N5O2. The monoisotopic (exact) mass is 309 g/mol. The minimum Gasteiger partial charge on any atom is -0.385 e. The van der Waals surface area contributed by atoms with E-state index in [1.807, 2.05) is 18.2 Å². The molecular weight excluding hydrogens is 294 g/mol. The molecule has 0 atom stereocenters. The summed E-state index contributed by atoms with van der Waals surface area (Å²) in [6.07, 6.45) is 0. The Hall–Kier alpha value is -3.48. The second kappa shape index (κ2) is 5.72. The highest BCUT2D eigenvalue weighted by Crippen LogP contribution is 2.26. The predicted octanol–water partition coefficient (Wildman–Crippen LogP) is 2.49. The van der Waals surface area contributed by atoms with Gasteiger partial charge in [0.25, 0.3) is 5.91 Å². The lowest BCUT2D eigenvalue weighted by molar-refractivity contribution is 0.100. The van der Waals surface area contributed by atoms with Gasteiger partial charge in [0.05, 0.1) is 5.56 Å². The molecule has 0 fully saturated rings. The van der Waals surface area contributed by atoms with E-state index in [2.05, 4.69) is 15.6 Å². The molecule has 23 heavy (non-hydrogen) atoms. The number of carbonyl (C=O) groups excluding carboxylic acids is 2. The largest absolute Gasteiger partial charge is 0.385 e. The standard InChI is InChI=1S/C16H15N5O2/c17-14-13(15(18)22)11-7-6-10(8-12(11)21-14)20-16(23)19-9-4-2-1-3-5-9/h1-8,21H,17H2,(H2,18,22)(H2,19,20,23). The van der Waals surface area contributed by atoms with Crippen LogP contribution in [0.3, 0.4) is 0 Å². The molecule has 0 unspecified atom stereocenters. The fourth-order valence-electron chi connectivity index (χ4n) is 2.38. The zero-order valence-electron chi connectivity index (χ0n) is 12.1. The molecule has 0 saturated heterocycles. The summed E-state index contributed by atoms with van der Waals surface area (Å²) in [5.74, 6) is -0.394. The van der Waals surface area contributed by atoms with Crippen molar-refractivity contribution in [2.75, 3.05) is 16.4 Å². The molecule has 116 valence electrons. The Morgan fingerprint density at radius 1 is 0.957 bits per heavy atom. The molecule has 0 bridgehead atoms. The number of amides is 3. The van der Waals surface area contributed by atoms with Gasteiger partial charge in [-0.25, -0.2) is 4.79 Å². The van der Waals surface area contributed by atoms with Crippen LogP contribution in [0.5, 0.6) is 0 Å². The summed E-state index contributed by atoms with van der Waals surface area (Å²) in [7, 11) is 0. The Morgan fingerprint density at radius 3 is 2.35 bits per heavy atom. The summed E-state index contributed by atoms with van der Waals surface area (Å²) in [6.45, 7) is 0. The van der Waals surface area contributed by atoms with Gasteiger partial charge in [-0.15, -0.1) is 0 Å². The second-order valence-electron chi connectivity index (χ2n) is 4.98. The molecule has 3 amide bonds. The molecule has 7 nitrogen and oxygen atoms in total. The Kier molecular flexibility index (Phi) is 3.60. The molecule has 0 aliphatic rings. The van der Waals surface area contributed by atoms with E-state index in [1.165, 1.54) is 0 Å². The maximum Gasteiger partial charge on any atom is 0.323 e. The number of nitrogen functional groups attached to an aromatic ring is 1. The van der Waals surface area contributed by atoms with E-state index in [4.69, 9.17) is 11.5 Å². The van der Waals surface area contributed by atoms with Crippen LogP contribution in [-0.2, 0) is 0 Å². The molecule has 0 aliphatic heterocycles. The molecule has 0 aliphatic carbocycles. The minimum absolute atomic E-state index is 0.207. The molecule has 7 heteroatoms. The van der Waals surface area contributed by atoms with Gasteiger partial charge in [-0.3, -0.25) is 4.79 Å². The van der Waals surface area contributed by atoms with Gasteiger partial charge < -0.3 is 27.1 Å². The number of benzene rings is 2. The summed E-state index contributed by atoms with van der Waals surface area (Å²) in [5.41, 5.74) is 13.2. The van der Waals surface area contributed by atoms with Gasteiger partial charge >= 0.3 is 6.03 Å². The molecule has 0 radical (unpaired) electrons. The lowest BCUT2D eigenvalue weighted by atomic mass is 10.1. The van der Waals surface area contributed by atoms with Crippen molar-refractivity contribution in [3.05, 3.63) is 54.1 Å². The summed E-state index contributed by atoms with van der Waals surface area (Å²) < 4.78 is 0. The number of carbonyl (C=O) groups is 2. The number of fused-ring (bicyclic) bond motifs is 1. The quantitative estimate of drug-likeness (QED) is 0.510. The maximum atomic E-state index is 12.0. The van der Waals surface area contributed by atoms with Crippen molar-refractivity contribution >= 4 is 40.0 Å². The third-order valence-corrected chi connectivity index (χ3v) is 3.36. The summed E-state index contributed by atoms with van der Waals surface area (Å²) >= 11 is 0. The molecule has 3 rings (SSSR count). The number of aromatic amines is 1. The SMILES string of the molecule is NC(=O)c1c(N)[nH]c2cc(NC(=O)Nc3ccccc3)ccc12. The average molecular weight is 309 g/mol. The number of aromatic nitrogens is 1. The number of H-pyrrole nitrogens is 1. The van der Waals surface area contributed by atoms with Crippen molar-refractivity contribution in [3.8, 4) is 0 Å². The van der Waals surface area contributed by atoms with Gasteiger partial charge in [-0.2, -0.15) is 0 Å². The number of anilines is 3. The number of nitrogens with two attached hydrogens (primary N) is 2. The molecule has 1 heterocycles. The highest BCUT2D eigenvalue weighted by Gasteiger charge is 2.14. The van der Waals surface area contributed by atoms with Crippen LogP contribution >= 0.6 is 0 Å². The summed E-state index contributed by atoms with van der Waals surface area (Å²) in [6, 6.07) is 13.8. The van der Waals surface area contributed by atoms with Crippen molar-refractivity contribution in [2.24, 2.45) is 5.73 Å². The molecule has 7 N–H and O–H groups in total. The second-order valence-corrected chi connectivity index (χ2v) is 4.98. The van der Waals surface area contributed by atoms with E-state index < -0.39 is 5.91 Å². The van der Waals surface area contributed by atoms with Crippen molar-refractivity contribution in [1.29, 1.82) is 0 Å². The number of hydrogen-bond acceptors (Lipinski definition) is 3. The summed E-state index contributed by atoms with van der Waals surface area (Å²) in [4.78, 5) is 26.2. The molecule has 0 saturated carbocycles. The van der Waals surface area contributed by atoms with Crippen LogP contribution in [0.25, 0.3) is 10.9 Å². The van der Waals surface area contributed by atoms with E-state index in [1.54, 1.807) is 30.3 Å². The Morgan fingerprint density at radius 2 is 1.65 bits per heavy atom. The molecule has 2 aromatic carbocycles. The Bertz CT molecular complexity index is 886. The first-order valence-corrected chi connectivity index (χ1v) is 6.88. The predicted molar refractivity (Wildman–Crippen MR) is 90.3 cm³/mol.